The van der Waals surface area contributed by atoms with E-state index in [0.717, 1.165) is 31.9 Å². The first-order valence-electron chi connectivity index (χ1n) is 10.1. The molecule has 1 fully saturated rings. The van der Waals surface area contributed by atoms with Crippen LogP contribution < -0.4 is 9.64 Å². The second kappa shape index (κ2) is 9.39. The van der Waals surface area contributed by atoms with Crippen molar-refractivity contribution in [3.05, 3.63) is 59.4 Å². The van der Waals surface area contributed by atoms with Crippen LogP contribution in [0.2, 0.25) is 0 Å². The van der Waals surface area contributed by atoms with Gasteiger partial charge in [-0.25, -0.2) is 4.39 Å². The van der Waals surface area contributed by atoms with E-state index in [1.54, 1.807) is 6.07 Å². The van der Waals surface area contributed by atoms with Gasteiger partial charge in [0.2, 0.25) is 0 Å². The Balaban J connectivity index is 1.44. The van der Waals surface area contributed by atoms with Crippen LogP contribution in [-0.2, 0) is 0 Å². The van der Waals surface area contributed by atoms with Gasteiger partial charge in [-0.15, -0.1) is 0 Å². The van der Waals surface area contributed by atoms with Gasteiger partial charge in [-0.2, -0.15) is 0 Å². The number of rotatable bonds is 7. The van der Waals surface area contributed by atoms with Gasteiger partial charge in [0, 0.05) is 32.7 Å². The largest absolute Gasteiger partial charge is 0.491 e. The van der Waals surface area contributed by atoms with E-state index in [4.69, 9.17) is 4.74 Å². The smallest absolute Gasteiger partial charge is 0.146 e. The minimum Gasteiger partial charge on any atom is -0.491 e. The van der Waals surface area contributed by atoms with E-state index in [9.17, 15) is 9.50 Å². The molecule has 5 heteroatoms. The fourth-order valence-electron chi connectivity index (χ4n) is 3.81. The van der Waals surface area contributed by atoms with Crippen LogP contribution in [0.3, 0.4) is 0 Å². The zero-order valence-electron chi connectivity index (χ0n) is 17.1. The molecule has 28 heavy (non-hydrogen) atoms. The number of anilines is 1. The summed E-state index contributed by atoms with van der Waals surface area (Å²) in [5.41, 5.74) is 3.19. The SMILES string of the molecule is Cc1cc(OCC(O)CN2CCN(c3ccccc3F)CC2)ccc1C(C)C. The lowest BCUT2D eigenvalue weighted by atomic mass is 9.98. The highest BCUT2D eigenvalue weighted by atomic mass is 19.1. The monoisotopic (exact) mass is 386 g/mol. The lowest BCUT2D eigenvalue weighted by molar-refractivity contribution is 0.0662. The minimum absolute atomic E-state index is 0.178. The Labute approximate surface area is 167 Å². The number of para-hydroxylation sites is 1. The molecule has 4 nitrogen and oxygen atoms in total. The number of aliphatic hydroxyl groups excluding tert-OH is 1. The zero-order valence-corrected chi connectivity index (χ0v) is 17.1. The summed E-state index contributed by atoms with van der Waals surface area (Å²) in [5, 5.41) is 10.4. The zero-order chi connectivity index (χ0) is 20.1. The van der Waals surface area contributed by atoms with Gasteiger partial charge in [-0.05, 0) is 48.2 Å². The molecule has 0 radical (unpaired) electrons. The summed E-state index contributed by atoms with van der Waals surface area (Å²) in [5.74, 6) is 1.11. The lowest BCUT2D eigenvalue weighted by Crippen LogP contribution is -2.49. The van der Waals surface area contributed by atoms with Crippen LogP contribution in [0, 0.1) is 12.7 Å². The van der Waals surface area contributed by atoms with Crippen molar-refractivity contribution in [3.8, 4) is 5.75 Å². The molecule has 0 aliphatic carbocycles. The maximum atomic E-state index is 13.9. The number of hydrogen-bond acceptors (Lipinski definition) is 4. The Kier molecular flexibility index (Phi) is 6.92. The van der Waals surface area contributed by atoms with E-state index in [1.807, 2.05) is 24.3 Å². The Bertz CT molecular complexity index is 773. The van der Waals surface area contributed by atoms with Gasteiger partial charge in [0.1, 0.15) is 24.3 Å². The Hall–Kier alpha value is -2.11. The third-order valence-corrected chi connectivity index (χ3v) is 5.34. The third kappa shape index (κ3) is 5.24. The fraction of sp³-hybridized carbons (Fsp3) is 0.478. The van der Waals surface area contributed by atoms with Crippen molar-refractivity contribution in [2.75, 3.05) is 44.2 Å². The molecule has 0 aromatic heterocycles. The van der Waals surface area contributed by atoms with Gasteiger partial charge in [-0.1, -0.05) is 32.0 Å². The molecule has 0 bridgehead atoms. The molecule has 0 spiro atoms. The number of β-amino-alcohol motifs (C(OH)–C–C–N with tert-alkyl or cyclic N) is 1. The molecular formula is C23H31FN2O2. The molecular weight excluding hydrogens is 355 g/mol. The van der Waals surface area contributed by atoms with Crippen LogP contribution in [0.4, 0.5) is 10.1 Å². The quantitative estimate of drug-likeness (QED) is 0.785. The first-order chi connectivity index (χ1) is 13.4. The van der Waals surface area contributed by atoms with Crippen molar-refractivity contribution >= 4 is 5.69 Å². The number of piperazine rings is 1. The van der Waals surface area contributed by atoms with Gasteiger partial charge in [0.05, 0.1) is 5.69 Å². The van der Waals surface area contributed by atoms with Crippen molar-refractivity contribution in [3.63, 3.8) is 0 Å². The molecule has 1 atom stereocenters. The minimum atomic E-state index is -0.551. The highest BCUT2D eigenvalue weighted by Crippen LogP contribution is 2.24. The molecule has 1 saturated heterocycles. The van der Waals surface area contributed by atoms with E-state index in [0.29, 0.717) is 18.2 Å². The number of benzene rings is 2. The van der Waals surface area contributed by atoms with Gasteiger partial charge in [0.25, 0.3) is 0 Å². The third-order valence-electron chi connectivity index (χ3n) is 5.34. The Morgan fingerprint density at radius 3 is 2.43 bits per heavy atom. The number of aryl methyl sites for hydroxylation is 1. The van der Waals surface area contributed by atoms with E-state index in [2.05, 4.69) is 36.6 Å². The van der Waals surface area contributed by atoms with Crippen LogP contribution in [0.5, 0.6) is 5.75 Å². The Morgan fingerprint density at radius 2 is 1.79 bits per heavy atom. The molecule has 1 N–H and O–H groups in total. The molecule has 152 valence electrons. The van der Waals surface area contributed by atoms with Crippen molar-refractivity contribution in [1.29, 1.82) is 0 Å². The van der Waals surface area contributed by atoms with E-state index >= 15 is 0 Å². The second-order valence-electron chi connectivity index (χ2n) is 7.88. The summed E-state index contributed by atoms with van der Waals surface area (Å²) in [6, 6.07) is 13.0. The van der Waals surface area contributed by atoms with E-state index in [-0.39, 0.29) is 12.4 Å². The number of halogens is 1. The number of nitrogens with zero attached hydrogens (tertiary/aromatic N) is 2. The lowest BCUT2D eigenvalue weighted by Gasteiger charge is -2.36. The van der Waals surface area contributed by atoms with E-state index in [1.165, 1.54) is 17.2 Å². The molecule has 2 aromatic carbocycles. The highest BCUT2D eigenvalue weighted by Gasteiger charge is 2.21. The van der Waals surface area contributed by atoms with Crippen LogP contribution in [-0.4, -0.2) is 55.4 Å². The summed E-state index contributed by atoms with van der Waals surface area (Å²) in [7, 11) is 0. The predicted octanol–water partition coefficient (Wildman–Crippen LogP) is 3.82. The van der Waals surface area contributed by atoms with Gasteiger partial charge >= 0.3 is 0 Å². The maximum absolute atomic E-state index is 13.9. The summed E-state index contributed by atoms with van der Waals surface area (Å²) in [6.45, 7) is 10.4. The molecule has 0 saturated carbocycles. The fourth-order valence-corrected chi connectivity index (χ4v) is 3.81. The predicted molar refractivity (Wildman–Crippen MR) is 112 cm³/mol. The molecule has 2 aromatic rings. The van der Waals surface area contributed by atoms with Crippen molar-refractivity contribution in [2.24, 2.45) is 0 Å². The molecule has 1 aliphatic heterocycles. The molecule has 1 heterocycles. The number of ether oxygens (including phenoxy) is 1. The number of aliphatic hydroxyl groups is 1. The molecule has 1 aliphatic rings. The van der Waals surface area contributed by atoms with Crippen molar-refractivity contribution < 1.29 is 14.2 Å². The van der Waals surface area contributed by atoms with Crippen molar-refractivity contribution in [1.82, 2.24) is 4.90 Å². The average molecular weight is 387 g/mol. The number of hydrogen-bond donors (Lipinski definition) is 1. The maximum Gasteiger partial charge on any atom is 0.146 e. The summed E-state index contributed by atoms with van der Waals surface area (Å²) < 4.78 is 19.7. The van der Waals surface area contributed by atoms with E-state index < -0.39 is 6.10 Å². The standard InChI is InChI=1S/C23H31FN2O2/c1-17(2)21-9-8-20(14-18(21)3)28-16-19(27)15-25-10-12-26(13-11-25)23-7-5-4-6-22(23)24/h4-9,14,17,19,27H,10-13,15-16H2,1-3H3. The molecule has 1 unspecified atom stereocenters. The first kappa shape index (κ1) is 20.6. The first-order valence-corrected chi connectivity index (χ1v) is 10.1. The van der Waals surface area contributed by atoms with Crippen LogP contribution >= 0.6 is 0 Å². The Morgan fingerprint density at radius 1 is 1.07 bits per heavy atom. The highest BCUT2D eigenvalue weighted by molar-refractivity contribution is 5.48. The van der Waals surface area contributed by atoms with Crippen LogP contribution in [0.15, 0.2) is 42.5 Å². The molecule has 3 rings (SSSR count). The average Bonchev–Trinajstić information content (AvgIpc) is 2.67. The summed E-state index contributed by atoms with van der Waals surface area (Å²) in [6.07, 6.45) is -0.551. The van der Waals surface area contributed by atoms with Gasteiger partial charge in [0.15, 0.2) is 0 Å². The van der Waals surface area contributed by atoms with Gasteiger partial charge < -0.3 is 14.7 Å². The summed E-state index contributed by atoms with van der Waals surface area (Å²) in [4.78, 5) is 4.27. The van der Waals surface area contributed by atoms with Crippen LogP contribution in [0.25, 0.3) is 0 Å². The van der Waals surface area contributed by atoms with Crippen molar-refractivity contribution in [2.45, 2.75) is 32.8 Å². The van der Waals surface area contributed by atoms with Gasteiger partial charge in [-0.3, -0.25) is 4.90 Å². The molecule has 0 amide bonds. The summed E-state index contributed by atoms with van der Waals surface area (Å²) >= 11 is 0. The second-order valence-corrected chi connectivity index (χ2v) is 7.88. The normalized spacial score (nSPS) is 16.4. The van der Waals surface area contributed by atoms with Crippen LogP contribution in [0.1, 0.15) is 30.9 Å². The topological polar surface area (TPSA) is 35.9 Å².